The summed E-state index contributed by atoms with van der Waals surface area (Å²) < 4.78 is 5.28. The number of hydrogen-bond acceptors (Lipinski definition) is 6. The molecule has 1 aliphatic heterocycles. The Morgan fingerprint density at radius 2 is 1.91 bits per heavy atom. The van der Waals surface area contributed by atoms with Crippen LogP contribution in [-0.2, 0) is 14.3 Å². The van der Waals surface area contributed by atoms with Gasteiger partial charge in [-0.05, 0) is 42.8 Å². The number of carbonyl (C=O) groups excluding carboxylic acids is 2. The summed E-state index contributed by atoms with van der Waals surface area (Å²) >= 11 is 19.1. The van der Waals surface area contributed by atoms with Gasteiger partial charge in [0.05, 0.1) is 44.0 Å². The summed E-state index contributed by atoms with van der Waals surface area (Å²) in [6, 6.07) is 13.9. The number of halogens is 3. The second kappa shape index (κ2) is 12.2. The van der Waals surface area contributed by atoms with Gasteiger partial charge >= 0.3 is 5.97 Å². The lowest BCUT2D eigenvalue weighted by Crippen LogP contribution is -2.29. The van der Waals surface area contributed by atoms with Crippen LogP contribution >= 0.6 is 46.6 Å². The van der Waals surface area contributed by atoms with E-state index >= 15 is 0 Å². The number of nitrogens with one attached hydrogen (secondary N) is 2. The van der Waals surface area contributed by atoms with E-state index in [0.717, 1.165) is 11.8 Å². The Balaban J connectivity index is 1.88. The van der Waals surface area contributed by atoms with Crippen molar-refractivity contribution < 1.29 is 14.3 Å². The second-order valence-electron chi connectivity index (χ2n) is 7.36. The lowest BCUT2D eigenvalue weighted by molar-refractivity contribution is -0.138. The van der Waals surface area contributed by atoms with Gasteiger partial charge in [-0.1, -0.05) is 71.4 Å². The number of nitrogens with zero attached hydrogens (tertiary/aromatic N) is 1. The molecule has 0 bridgehead atoms. The summed E-state index contributed by atoms with van der Waals surface area (Å²) in [6.45, 7) is 5.32. The first-order chi connectivity index (χ1) is 16.7. The van der Waals surface area contributed by atoms with Gasteiger partial charge in [0.15, 0.2) is 0 Å². The van der Waals surface area contributed by atoms with Gasteiger partial charge < -0.3 is 15.4 Å². The highest BCUT2D eigenvalue weighted by molar-refractivity contribution is 8.03. The topological polar surface area (TPSA) is 91.2 Å². The van der Waals surface area contributed by atoms with Crippen LogP contribution in [0.5, 0.6) is 0 Å². The van der Waals surface area contributed by atoms with E-state index < -0.39 is 11.9 Å². The van der Waals surface area contributed by atoms with Crippen LogP contribution in [0.1, 0.15) is 18.4 Å². The maximum absolute atomic E-state index is 12.9. The predicted octanol–water partition coefficient (Wildman–Crippen LogP) is 6.44. The number of carbonyl (C=O) groups is 2. The summed E-state index contributed by atoms with van der Waals surface area (Å²) in [5.74, 6) is -1.56. The van der Waals surface area contributed by atoms with Crippen molar-refractivity contribution in [2.24, 2.45) is 0 Å². The van der Waals surface area contributed by atoms with Crippen molar-refractivity contribution in [2.45, 2.75) is 12.8 Å². The van der Waals surface area contributed by atoms with Crippen LogP contribution in [0, 0.1) is 11.3 Å². The quantitative estimate of drug-likeness (QED) is 0.291. The van der Waals surface area contributed by atoms with Crippen LogP contribution in [0.25, 0.3) is 0 Å². The summed E-state index contributed by atoms with van der Waals surface area (Å²) in [6.07, 6.45) is 1.47. The van der Waals surface area contributed by atoms with E-state index in [-0.39, 0.29) is 23.8 Å². The van der Waals surface area contributed by atoms with Crippen LogP contribution in [0.2, 0.25) is 15.1 Å². The number of hydrogen-bond donors (Lipinski definition) is 2. The van der Waals surface area contributed by atoms with Gasteiger partial charge in [0.2, 0.25) is 5.91 Å². The normalized spacial score (nSPS) is 15.2. The molecule has 1 aliphatic rings. The lowest BCUT2D eigenvalue weighted by atomic mass is 9.82. The minimum Gasteiger partial charge on any atom is -0.458 e. The number of allylic oxidation sites excluding steroid dienone is 2. The van der Waals surface area contributed by atoms with Crippen LogP contribution in [0.15, 0.2) is 77.0 Å². The summed E-state index contributed by atoms with van der Waals surface area (Å²) in [7, 11) is 0. The largest absolute Gasteiger partial charge is 0.458 e. The standard InChI is InChI=1S/C25H20Cl3N3O3S/c1-3-10-34-25(33)22-14(2)30-24(18(12-29)23(22)15-4-6-16(26)7-5-15)35-13-21(32)31-17-8-9-19(27)20(28)11-17/h3-9,11,23,30H,1,10,13H2,2H3,(H,31,32). The molecule has 2 aromatic rings. The number of anilines is 1. The molecule has 180 valence electrons. The summed E-state index contributed by atoms with van der Waals surface area (Å²) in [5.41, 5.74) is 2.30. The molecule has 2 N–H and O–H groups in total. The van der Waals surface area contributed by atoms with E-state index in [1.165, 1.54) is 6.08 Å². The van der Waals surface area contributed by atoms with Crippen LogP contribution in [0.4, 0.5) is 5.69 Å². The second-order valence-corrected chi connectivity index (χ2v) is 9.59. The molecule has 0 aromatic heterocycles. The molecular formula is C25H20Cl3N3O3S. The molecule has 2 aromatic carbocycles. The Hall–Kier alpha value is -2.89. The Morgan fingerprint density at radius 1 is 1.20 bits per heavy atom. The lowest BCUT2D eigenvalue weighted by Gasteiger charge is -2.29. The van der Waals surface area contributed by atoms with Crippen molar-refractivity contribution >= 4 is 64.1 Å². The Kier molecular flexibility index (Phi) is 9.30. The van der Waals surface area contributed by atoms with Gasteiger partial charge in [-0.25, -0.2) is 4.79 Å². The number of dihydropyridines is 1. The van der Waals surface area contributed by atoms with Gasteiger partial charge in [-0.2, -0.15) is 5.26 Å². The maximum Gasteiger partial charge on any atom is 0.337 e. The molecular weight excluding hydrogens is 529 g/mol. The molecule has 1 amide bonds. The van der Waals surface area contributed by atoms with E-state index in [4.69, 9.17) is 39.5 Å². The van der Waals surface area contributed by atoms with E-state index in [1.54, 1.807) is 49.4 Å². The molecule has 10 heteroatoms. The minimum atomic E-state index is -0.698. The number of nitriles is 1. The van der Waals surface area contributed by atoms with Gasteiger partial charge in [-0.3, -0.25) is 4.79 Å². The highest BCUT2D eigenvalue weighted by Gasteiger charge is 2.35. The van der Waals surface area contributed by atoms with Crippen molar-refractivity contribution in [1.29, 1.82) is 5.26 Å². The van der Waals surface area contributed by atoms with Crippen LogP contribution in [-0.4, -0.2) is 24.2 Å². The van der Waals surface area contributed by atoms with Gasteiger partial charge in [-0.15, -0.1) is 0 Å². The van der Waals surface area contributed by atoms with E-state index in [9.17, 15) is 14.9 Å². The Morgan fingerprint density at radius 3 is 2.54 bits per heavy atom. The van der Waals surface area contributed by atoms with Gasteiger partial charge in [0.25, 0.3) is 0 Å². The molecule has 0 spiro atoms. The third kappa shape index (κ3) is 6.62. The predicted molar refractivity (Wildman–Crippen MR) is 141 cm³/mol. The first-order valence-corrected chi connectivity index (χ1v) is 12.4. The molecule has 3 rings (SSSR count). The van der Waals surface area contributed by atoms with Crippen molar-refractivity contribution in [3.63, 3.8) is 0 Å². The SMILES string of the molecule is C=CCOC(=O)C1=C(C)NC(SCC(=O)Nc2ccc(Cl)c(Cl)c2)=C(C#N)C1c1ccc(Cl)cc1. The Bertz CT molecular complexity index is 1270. The Labute approximate surface area is 222 Å². The van der Waals surface area contributed by atoms with Crippen molar-refractivity contribution in [2.75, 3.05) is 17.7 Å². The first-order valence-electron chi connectivity index (χ1n) is 10.3. The summed E-state index contributed by atoms with van der Waals surface area (Å²) in [4.78, 5) is 25.4. The fourth-order valence-electron chi connectivity index (χ4n) is 3.41. The van der Waals surface area contributed by atoms with Crippen LogP contribution < -0.4 is 10.6 Å². The van der Waals surface area contributed by atoms with E-state index in [0.29, 0.717) is 42.6 Å². The zero-order valence-electron chi connectivity index (χ0n) is 18.5. The molecule has 0 fully saturated rings. The third-order valence-electron chi connectivity index (χ3n) is 4.95. The van der Waals surface area contributed by atoms with Crippen LogP contribution in [0.3, 0.4) is 0 Å². The monoisotopic (exact) mass is 547 g/mol. The van der Waals surface area contributed by atoms with Crippen molar-refractivity contribution in [1.82, 2.24) is 5.32 Å². The molecule has 0 saturated heterocycles. The average Bonchev–Trinajstić information content (AvgIpc) is 2.83. The number of esters is 1. The fraction of sp³-hybridized carbons (Fsp3) is 0.160. The van der Waals surface area contributed by atoms with Crippen molar-refractivity contribution in [3.05, 3.63) is 97.6 Å². The third-order valence-corrected chi connectivity index (χ3v) is 6.96. The molecule has 1 unspecified atom stereocenters. The van der Waals surface area contributed by atoms with Crippen molar-refractivity contribution in [3.8, 4) is 6.07 Å². The molecule has 0 aliphatic carbocycles. The van der Waals surface area contributed by atoms with Gasteiger partial charge in [0.1, 0.15) is 6.61 Å². The summed E-state index contributed by atoms with van der Waals surface area (Å²) in [5, 5.41) is 17.6. The number of ether oxygens (including phenoxy) is 1. The highest BCUT2D eigenvalue weighted by Crippen LogP contribution is 2.41. The number of rotatable bonds is 8. The number of benzene rings is 2. The molecule has 35 heavy (non-hydrogen) atoms. The molecule has 0 radical (unpaired) electrons. The van der Waals surface area contributed by atoms with Gasteiger partial charge in [0, 0.05) is 16.4 Å². The molecule has 6 nitrogen and oxygen atoms in total. The number of thioether (sulfide) groups is 1. The minimum absolute atomic E-state index is 0.00458. The highest BCUT2D eigenvalue weighted by atomic mass is 35.5. The zero-order valence-corrected chi connectivity index (χ0v) is 21.6. The fourth-order valence-corrected chi connectivity index (χ4v) is 4.72. The maximum atomic E-state index is 12.9. The number of amides is 1. The zero-order chi connectivity index (χ0) is 25.5. The van der Waals surface area contributed by atoms with E-state index in [1.807, 2.05) is 0 Å². The molecule has 1 atom stereocenters. The smallest absolute Gasteiger partial charge is 0.337 e. The average molecular weight is 549 g/mol. The molecule has 1 heterocycles. The molecule has 0 saturated carbocycles. The first kappa shape index (κ1) is 26.7. The van der Waals surface area contributed by atoms with E-state index in [2.05, 4.69) is 23.3 Å².